The minimum Gasteiger partial charge on any atom is -0.354 e. The zero-order chi connectivity index (χ0) is 21.0. The molecule has 4 N–H and O–H groups in total. The summed E-state index contributed by atoms with van der Waals surface area (Å²) in [5.74, 6) is -1.80. The van der Waals surface area contributed by atoms with Crippen molar-refractivity contribution in [2.24, 2.45) is 0 Å². The van der Waals surface area contributed by atoms with E-state index in [2.05, 4.69) is 25.9 Å². The standard InChI is InChI=1S/C20H18FN5O3/c1-11-9-14(25-20(29)17-16(19(28)22-2)23-10-24-17)7-8-15(11)26-18(27)12-3-5-13(21)6-4-12/h3-10H,1-2H3,(H,22,28)(H,23,24)(H,25,29)(H,26,27). The molecule has 1 aromatic heterocycles. The number of nitrogens with zero attached hydrogens (tertiary/aromatic N) is 1. The quantitative estimate of drug-likeness (QED) is 0.531. The summed E-state index contributed by atoms with van der Waals surface area (Å²) in [7, 11) is 1.45. The smallest absolute Gasteiger partial charge is 0.274 e. The van der Waals surface area contributed by atoms with E-state index in [0.29, 0.717) is 22.5 Å². The monoisotopic (exact) mass is 395 g/mol. The summed E-state index contributed by atoms with van der Waals surface area (Å²) in [6.45, 7) is 1.77. The molecule has 0 spiro atoms. The number of aryl methyl sites for hydroxylation is 1. The number of benzene rings is 2. The van der Waals surface area contributed by atoms with Crippen molar-refractivity contribution < 1.29 is 18.8 Å². The molecule has 8 nitrogen and oxygen atoms in total. The van der Waals surface area contributed by atoms with Crippen molar-refractivity contribution in [2.75, 3.05) is 17.7 Å². The molecule has 0 fully saturated rings. The maximum atomic E-state index is 13.0. The lowest BCUT2D eigenvalue weighted by molar-refractivity contribution is 0.0943. The molecule has 0 aliphatic carbocycles. The van der Waals surface area contributed by atoms with Gasteiger partial charge in [0.2, 0.25) is 0 Å². The summed E-state index contributed by atoms with van der Waals surface area (Å²) < 4.78 is 13.0. The Hall–Kier alpha value is -4.01. The van der Waals surface area contributed by atoms with Gasteiger partial charge < -0.3 is 20.9 Å². The van der Waals surface area contributed by atoms with Gasteiger partial charge in [0, 0.05) is 24.0 Å². The topological polar surface area (TPSA) is 116 Å². The molecule has 0 unspecified atom stereocenters. The molecular formula is C20H18FN5O3. The first-order valence-corrected chi connectivity index (χ1v) is 8.63. The van der Waals surface area contributed by atoms with Gasteiger partial charge in [-0.25, -0.2) is 9.37 Å². The van der Waals surface area contributed by atoms with Gasteiger partial charge in [0.05, 0.1) is 6.33 Å². The van der Waals surface area contributed by atoms with Crippen molar-refractivity contribution in [2.45, 2.75) is 6.92 Å². The van der Waals surface area contributed by atoms with E-state index < -0.39 is 17.6 Å². The average molecular weight is 395 g/mol. The van der Waals surface area contributed by atoms with Crippen LogP contribution in [0.1, 0.15) is 36.9 Å². The first kappa shape index (κ1) is 19.7. The van der Waals surface area contributed by atoms with E-state index in [0.717, 1.165) is 0 Å². The first-order chi connectivity index (χ1) is 13.9. The Morgan fingerprint density at radius 2 is 1.69 bits per heavy atom. The van der Waals surface area contributed by atoms with Crippen molar-refractivity contribution in [3.8, 4) is 0 Å². The summed E-state index contributed by atoms with van der Waals surface area (Å²) in [5, 5.41) is 7.84. The second-order valence-electron chi connectivity index (χ2n) is 6.15. The summed E-state index contributed by atoms with van der Waals surface area (Å²) in [5.41, 5.74) is 2.08. The highest BCUT2D eigenvalue weighted by molar-refractivity contribution is 6.10. The highest BCUT2D eigenvalue weighted by Crippen LogP contribution is 2.21. The molecule has 3 rings (SSSR count). The van der Waals surface area contributed by atoms with Crippen molar-refractivity contribution >= 4 is 29.1 Å². The predicted molar refractivity (Wildman–Crippen MR) is 105 cm³/mol. The molecule has 1 heterocycles. The largest absolute Gasteiger partial charge is 0.354 e. The number of anilines is 2. The molecule has 148 valence electrons. The molecule has 0 atom stereocenters. The van der Waals surface area contributed by atoms with E-state index in [1.54, 1.807) is 25.1 Å². The van der Waals surface area contributed by atoms with Crippen LogP contribution < -0.4 is 16.0 Å². The van der Waals surface area contributed by atoms with Crippen LogP contribution in [0.25, 0.3) is 0 Å². The number of amides is 3. The van der Waals surface area contributed by atoms with Crippen LogP contribution in [-0.2, 0) is 0 Å². The van der Waals surface area contributed by atoms with E-state index in [1.165, 1.54) is 37.6 Å². The highest BCUT2D eigenvalue weighted by atomic mass is 19.1. The van der Waals surface area contributed by atoms with Crippen LogP contribution in [0, 0.1) is 12.7 Å². The molecule has 0 aliphatic heterocycles. The molecule has 0 saturated heterocycles. The van der Waals surface area contributed by atoms with E-state index >= 15 is 0 Å². The minimum atomic E-state index is -0.524. The SMILES string of the molecule is CNC(=O)c1nc[nH]c1C(=O)Nc1ccc(NC(=O)c2ccc(F)cc2)c(C)c1. The molecule has 3 amide bonds. The Balaban J connectivity index is 1.72. The van der Waals surface area contributed by atoms with Crippen LogP contribution in [0.5, 0.6) is 0 Å². The van der Waals surface area contributed by atoms with Crippen LogP contribution in [-0.4, -0.2) is 34.7 Å². The zero-order valence-electron chi connectivity index (χ0n) is 15.7. The fourth-order valence-electron chi connectivity index (χ4n) is 2.63. The number of carbonyl (C=O) groups is 3. The minimum absolute atomic E-state index is 0.00935. The molecular weight excluding hydrogens is 377 g/mol. The number of aromatic nitrogens is 2. The number of nitrogens with one attached hydrogen (secondary N) is 4. The van der Waals surface area contributed by atoms with Crippen molar-refractivity contribution in [1.29, 1.82) is 0 Å². The number of hydrogen-bond acceptors (Lipinski definition) is 4. The van der Waals surface area contributed by atoms with Gasteiger partial charge in [-0.2, -0.15) is 0 Å². The van der Waals surface area contributed by atoms with Crippen LogP contribution in [0.15, 0.2) is 48.8 Å². The van der Waals surface area contributed by atoms with Crippen LogP contribution in [0.3, 0.4) is 0 Å². The molecule has 2 aromatic carbocycles. The molecule has 0 bridgehead atoms. The number of H-pyrrole nitrogens is 1. The Morgan fingerprint density at radius 1 is 0.966 bits per heavy atom. The second-order valence-corrected chi connectivity index (χ2v) is 6.15. The first-order valence-electron chi connectivity index (χ1n) is 8.63. The fourth-order valence-corrected chi connectivity index (χ4v) is 2.63. The van der Waals surface area contributed by atoms with Gasteiger partial charge in [0.1, 0.15) is 11.5 Å². The Morgan fingerprint density at radius 3 is 2.34 bits per heavy atom. The van der Waals surface area contributed by atoms with Crippen LogP contribution in [0.2, 0.25) is 0 Å². The van der Waals surface area contributed by atoms with Crippen molar-refractivity contribution in [3.63, 3.8) is 0 Å². The summed E-state index contributed by atoms with van der Waals surface area (Å²) >= 11 is 0. The fraction of sp³-hybridized carbons (Fsp3) is 0.100. The van der Waals surface area contributed by atoms with E-state index in [9.17, 15) is 18.8 Å². The molecule has 0 aliphatic rings. The molecule has 9 heteroatoms. The summed E-state index contributed by atoms with van der Waals surface area (Å²) in [6, 6.07) is 10.1. The third-order valence-electron chi connectivity index (χ3n) is 4.15. The zero-order valence-corrected chi connectivity index (χ0v) is 15.7. The number of halogens is 1. The maximum Gasteiger partial charge on any atom is 0.274 e. The Labute approximate surface area is 165 Å². The molecule has 0 saturated carbocycles. The van der Waals surface area contributed by atoms with Gasteiger partial charge in [-0.15, -0.1) is 0 Å². The van der Waals surface area contributed by atoms with Gasteiger partial charge in [-0.05, 0) is 55.0 Å². The van der Waals surface area contributed by atoms with E-state index in [1.807, 2.05) is 0 Å². The lowest BCUT2D eigenvalue weighted by atomic mass is 10.1. The third kappa shape index (κ3) is 4.46. The van der Waals surface area contributed by atoms with Gasteiger partial charge in [0.15, 0.2) is 5.69 Å². The molecule has 29 heavy (non-hydrogen) atoms. The van der Waals surface area contributed by atoms with E-state index in [-0.39, 0.29) is 17.3 Å². The van der Waals surface area contributed by atoms with Gasteiger partial charge in [-0.3, -0.25) is 14.4 Å². The van der Waals surface area contributed by atoms with Gasteiger partial charge >= 0.3 is 0 Å². The lowest BCUT2D eigenvalue weighted by Crippen LogP contribution is -2.23. The molecule has 3 aromatic rings. The van der Waals surface area contributed by atoms with Crippen molar-refractivity contribution in [1.82, 2.24) is 15.3 Å². The maximum absolute atomic E-state index is 13.0. The highest BCUT2D eigenvalue weighted by Gasteiger charge is 2.19. The number of aromatic amines is 1. The number of carbonyl (C=O) groups excluding carboxylic acids is 3. The predicted octanol–water partition coefficient (Wildman–Crippen LogP) is 2.72. The Bertz CT molecular complexity index is 1080. The number of imidazole rings is 1. The molecule has 0 radical (unpaired) electrons. The van der Waals surface area contributed by atoms with Crippen LogP contribution >= 0.6 is 0 Å². The van der Waals surface area contributed by atoms with Crippen molar-refractivity contribution in [3.05, 3.63) is 77.1 Å². The lowest BCUT2D eigenvalue weighted by Gasteiger charge is -2.11. The van der Waals surface area contributed by atoms with Crippen LogP contribution in [0.4, 0.5) is 15.8 Å². The van der Waals surface area contributed by atoms with Gasteiger partial charge in [-0.1, -0.05) is 0 Å². The normalized spacial score (nSPS) is 10.3. The summed E-state index contributed by atoms with van der Waals surface area (Å²) in [4.78, 5) is 43.0. The third-order valence-corrected chi connectivity index (χ3v) is 4.15. The summed E-state index contributed by atoms with van der Waals surface area (Å²) in [6.07, 6.45) is 1.26. The van der Waals surface area contributed by atoms with Gasteiger partial charge in [0.25, 0.3) is 17.7 Å². The number of rotatable bonds is 5. The Kier molecular flexibility index (Phi) is 5.68. The van der Waals surface area contributed by atoms with E-state index in [4.69, 9.17) is 0 Å². The second kappa shape index (κ2) is 8.34. The number of hydrogen-bond donors (Lipinski definition) is 4. The average Bonchev–Trinajstić information content (AvgIpc) is 3.20.